The number of amides is 1. The zero-order chi connectivity index (χ0) is 17.6. The number of hydrogen-bond donors (Lipinski definition) is 2. The number of aryl methyl sites for hydroxylation is 2. The molecule has 1 aliphatic heterocycles. The predicted molar refractivity (Wildman–Crippen MR) is 98.0 cm³/mol. The van der Waals surface area contributed by atoms with Crippen LogP contribution in [0.1, 0.15) is 41.5 Å². The second-order valence-corrected chi connectivity index (χ2v) is 6.20. The van der Waals surface area contributed by atoms with E-state index in [4.69, 9.17) is 4.74 Å². The van der Waals surface area contributed by atoms with Crippen molar-refractivity contribution in [2.24, 2.45) is 0 Å². The van der Waals surface area contributed by atoms with Crippen LogP contribution in [-0.2, 0) is 11.2 Å². The lowest BCUT2D eigenvalue weighted by atomic mass is 10.1. The minimum absolute atomic E-state index is 0.192. The van der Waals surface area contributed by atoms with Crippen molar-refractivity contribution in [1.82, 2.24) is 9.97 Å². The van der Waals surface area contributed by atoms with Gasteiger partial charge in [0.2, 0.25) is 5.95 Å². The maximum atomic E-state index is 12.6. The molecule has 6 nitrogen and oxygen atoms in total. The van der Waals surface area contributed by atoms with E-state index in [-0.39, 0.29) is 12.0 Å². The molecule has 0 aliphatic carbocycles. The zero-order valence-corrected chi connectivity index (χ0v) is 14.7. The molecular formula is C19H24N4O2. The number of para-hydroxylation sites is 1. The summed E-state index contributed by atoms with van der Waals surface area (Å²) in [7, 11) is 0. The van der Waals surface area contributed by atoms with Crippen molar-refractivity contribution in [3.8, 4) is 0 Å². The third-order valence-electron chi connectivity index (χ3n) is 4.25. The zero-order valence-electron chi connectivity index (χ0n) is 14.7. The number of carbonyl (C=O) groups is 1. The number of carbonyl (C=O) groups excluding carboxylic acids is 1. The summed E-state index contributed by atoms with van der Waals surface area (Å²) in [6, 6.07) is 9.49. The maximum Gasteiger partial charge on any atom is 0.274 e. The molecule has 1 amide bonds. The minimum atomic E-state index is -0.230. The molecule has 132 valence electrons. The van der Waals surface area contributed by atoms with Gasteiger partial charge in [-0.2, -0.15) is 0 Å². The summed E-state index contributed by atoms with van der Waals surface area (Å²) in [6.07, 6.45) is 3.18. The molecule has 0 radical (unpaired) electrons. The molecule has 1 aliphatic rings. The fourth-order valence-corrected chi connectivity index (χ4v) is 2.91. The van der Waals surface area contributed by atoms with Gasteiger partial charge >= 0.3 is 0 Å². The maximum absolute atomic E-state index is 12.6. The van der Waals surface area contributed by atoms with Crippen molar-refractivity contribution in [3.63, 3.8) is 0 Å². The molecule has 1 aromatic heterocycles. The third kappa shape index (κ3) is 4.54. The first-order valence-corrected chi connectivity index (χ1v) is 8.76. The molecule has 0 bridgehead atoms. The first-order valence-electron chi connectivity index (χ1n) is 8.76. The van der Waals surface area contributed by atoms with E-state index < -0.39 is 0 Å². The van der Waals surface area contributed by atoms with Crippen LogP contribution < -0.4 is 10.6 Å². The van der Waals surface area contributed by atoms with E-state index >= 15 is 0 Å². The van der Waals surface area contributed by atoms with Crippen LogP contribution in [0, 0.1) is 6.92 Å². The Morgan fingerprint density at radius 2 is 2.16 bits per heavy atom. The monoisotopic (exact) mass is 340 g/mol. The number of nitrogens with zero attached hydrogens (tertiary/aromatic N) is 2. The predicted octanol–water partition coefficient (Wildman–Crippen LogP) is 3.19. The van der Waals surface area contributed by atoms with Crippen LogP contribution in [0.2, 0.25) is 0 Å². The standard InChI is InChI=1S/C19H24N4O2/c1-3-14-7-4-5-9-16(14)22-18(24)17-11-13(2)21-19(23-17)20-12-15-8-6-10-25-15/h4-5,7,9,11,15H,3,6,8,10,12H2,1-2H3,(H,22,24)(H,20,21,23). The van der Waals surface area contributed by atoms with E-state index in [1.807, 2.05) is 31.2 Å². The number of aromatic nitrogens is 2. The van der Waals surface area contributed by atoms with Crippen LogP contribution in [0.15, 0.2) is 30.3 Å². The van der Waals surface area contributed by atoms with Crippen molar-refractivity contribution in [2.45, 2.75) is 39.2 Å². The van der Waals surface area contributed by atoms with Gasteiger partial charge in [-0.25, -0.2) is 9.97 Å². The fraction of sp³-hybridized carbons (Fsp3) is 0.421. The summed E-state index contributed by atoms with van der Waals surface area (Å²) in [5.41, 5.74) is 3.02. The normalized spacial score (nSPS) is 16.6. The first-order chi connectivity index (χ1) is 12.2. The van der Waals surface area contributed by atoms with Crippen molar-refractivity contribution in [3.05, 3.63) is 47.3 Å². The summed E-state index contributed by atoms with van der Waals surface area (Å²) < 4.78 is 5.59. The van der Waals surface area contributed by atoms with Crippen molar-refractivity contribution < 1.29 is 9.53 Å². The summed E-state index contributed by atoms with van der Waals surface area (Å²) >= 11 is 0. The van der Waals surface area contributed by atoms with Gasteiger partial charge in [-0.05, 0) is 43.9 Å². The lowest BCUT2D eigenvalue weighted by Crippen LogP contribution is -2.21. The molecule has 0 saturated carbocycles. The van der Waals surface area contributed by atoms with Crippen LogP contribution in [0.5, 0.6) is 0 Å². The largest absolute Gasteiger partial charge is 0.376 e. The molecule has 1 atom stereocenters. The van der Waals surface area contributed by atoms with Gasteiger partial charge in [-0.3, -0.25) is 4.79 Å². The van der Waals surface area contributed by atoms with Gasteiger partial charge in [0.25, 0.3) is 5.91 Å². The molecule has 1 aromatic carbocycles. The molecule has 3 rings (SSSR count). The second-order valence-electron chi connectivity index (χ2n) is 6.20. The van der Waals surface area contributed by atoms with E-state index in [0.29, 0.717) is 18.2 Å². The van der Waals surface area contributed by atoms with E-state index in [1.165, 1.54) is 0 Å². The Balaban J connectivity index is 1.71. The molecule has 2 N–H and O–H groups in total. The van der Waals surface area contributed by atoms with Gasteiger partial charge in [0, 0.05) is 24.5 Å². The Kier molecular flexibility index (Phi) is 5.60. The molecule has 0 spiro atoms. The Morgan fingerprint density at radius 3 is 2.92 bits per heavy atom. The van der Waals surface area contributed by atoms with Crippen LogP contribution in [0.4, 0.5) is 11.6 Å². The Bertz CT molecular complexity index is 742. The summed E-state index contributed by atoms with van der Waals surface area (Å²) in [5, 5.41) is 6.13. The van der Waals surface area contributed by atoms with Crippen molar-refractivity contribution in [1.29, 1.82) is 0 Å². The smallest absolute Gasteiger partial charge is 0.274 e. The van der Waals surface area contributed by atoms with Crippen molar-refractivity contribution >= 4 is 17.5 Å². The molecule has 1 unspecified atom stereocenters. The molecule has 25 heavy (non-hydrogen) atoms. The average molecular weight is 340 g/mol. The van der Waals surface area contributed by atoms with Crippen LogP contribution in [0.3, 0.4) is 0 Å². The van der Waals surface area contributed by atoms with Gasteiger partial charge in [-0.1, -0.05) is 25.1 Å². The summed E-state index contributed by atoms with van der Waals surface area (Å²) in [5.74, 6) is 0.232. The molecule has 6 heteroatoms. The Hall–Kier alpha value is -2.47. The highest BCUT2D eigenvalue weighted by Crippen LogP contribution is 2.17. The number of ether oxygens (including phenoxy) is 1. The van der Waals surface area contributed by atoms with Gasteiger partial charge in [0.1, 0.15) is 5.69 Å². The lowest BCUT2D eigenvalue weighted by molar-refractivity contribution is 0.102. The van der Waals surface area contributed by atoms with Crippen LogP contribution >= 0.6 is 0 Å². The van der Waals surface area contributed by atoms with Gasteiger partial charge < -0.3 is 15.4 Å². The number of benzene rings is 1. The van der Waals surface area contributed by atoms with Gasteiger partial charge in [-0.15, -0.1) is 0 Å². The highest BCUT2D eigenvalue weighted by atomic mass is 16.5. The first kappa shape index (κ1) is 17.4. The van der Waals surface area contributed by atoms with E-state index in [2.05, 4.69) is 27.5 Å². The quantitative estimate of drug-likeness (QED) is 0.844. The van der Waals surface area contributed by atoms with E-state index in [9.17, 15) is 4.79 Å². The van der Waals surface area contributed by atoms with Crippen LogP contribution in [0.25, 0.3) is 0 Å². The lowest BCUT2D eigenvalue weighted by Gasteiger charge is -2.13. The topological polar surface area (TPSA) is 76.1 Å². The number of anilines is 2. The second kappa shape index (κ2) is 8.07. The van der Waals surface area contributed by atoms with Crippen LogP contribution in [-0.4, -0.2) is 35.1 Å². The molecular weight excluding hydrogens is 316 g/mol. The summed E-state index contributed by atoms with van der Waals surface area (Å²) in [6.45, 7) is 5.39. The fourth-order valence-electron chi connectivity index (χ4n) is 2.91. The van der Waals surface area contributed by atoms with E-state index in [1.54, 1.807) is 6.07 Å². The van der Waals surface area contributed by atoms with E-state index in [0.717, 1.165) is 42.8 Å². The molecule has 2 heterocycles. The number of hydrogen-bond acceptors (Lipinski definition) is 5. The molecule has 1 saturated heterocycles. The average Bonchev–Trinajstić information content (AvgIpc) is 3.13. The summed E-state index contributed by atoms with van der Waals surface area (Å²) in [4.78, 5) is 21.3. The van der Waals surface area contributed by atoms with Crippen molar-refractivity contribution in [2.75, 3.05) is 23.8 Å². The number of rotatable bonds is 6. The third-order valence-corrected chi connectivity index (χ3v) is 4.25. The SMILES string of the molecule is CCc1ccccc1NC(=O)c1cc(C)nc(NCC2CCCO2)n1. The number of nitrogens with one attached hydrogen (secondary N) is 2. The van der Waals surface area contributed by atoms with Gasteiger partial charge in [0.05, 0.1) is 6.10 Å². The molecule has 1 fully saturated rings. The van der Waals surface area contributed by atoms with Gasteiger partial charge in [0.15, 0.2) is 0 Å². The highest BCUT2D eigenvalue weighted by molar-refractivity contribution is 6.03. The Labute approximate surface area is 148 Å². The Morgan fingerprint density at radius 1 is 1.32 bits per heavy atom. The highest BCUT2D eigenvalue weighted by Gasteiger charge is 2.17. The molecule has 2 aromatic rings. The minimum Gasteiger partial charge on any atom is -0.376 e.